The van der Waals surface area contributed by atoms with E-state index in [1.807, 2.05) is 0 Å². The van der Waals surface area contributed by atoms with Gasteiger partial charge in [-0.3, -0.25) is 4.79 Å². The minimum absolute atomic E-state index is 0.197. The van der Waals surface area contributed by atoms with Crippen LogP contribution in [0, 0.1) is 0 Å². The molecule has 3 N–H and O–H groups in total. The van der Waals surface area contributed by atoms with Gasteiger partial charge in [0.25, 0.3) is 0 Å². The lowest BCUT2D eigenvalue weighted by Crippen LogP contribution is -2.08. The fourth-order valence-corrected chi connectivity index (χ4v) is 0.187. The number of carbonyl (C=O) groups is 2. The molecular formula is C4H4FNO3. The standard InChI is InChI=1S/C4H4FNO3/c5-2(4(8)9)1-3(6)7/h1H,(H2,6,7)(H,8,9)/b2-1+. The number of amides is 1. The molecule has 0 saturated heterocycles. The summed E-state index contributed by atoms with van der Waals surface area (Å²) in [6, 6.07) is 0. The van der Waals surface area contributed by atoms with Crippen molar-refractivity contribution < 1.29 is 19.1 Å². The van der Waals surface area contributed by atoms with Gasteiger partial charge < -0.3 is 10.8 Å². The first-order chi connectivity index (χ1) is 4.04. The van der Waals surface area contributed by atoms with Crippen molar-refractivity contribution in [3.05, 3.63) is 11.9 Å². The maximum absolute atomic E-state index is 11.7. The Labute approximate surface area is 49.8 Å². The minimum atomic E-state index is -1.80. The zero-order valence-corrected chi connectivity index (χ0v) is 4.30. The molecule has 4 nitrogen and oxygen atoms in total. The van der Waals surface area contributed by atoms with Crippen LogP contribution in [0.1, 0.15) is 0 Å². The number of nitrogens with two attached hydrogens (primary N) is 1. The van der Waals surface area contributed by atoms with Gasteiger partial charge in [-0.15, -0.1) is 0 Å². The highest BCUT2D eigenvalue weighted by Crippen LogP contribution is 1.92. The lowest BCUT2D eigenvalue weighted by Gasteiger charge is -1.82. The van der Waals surface area contributed by atoms with Crippen molar-refractivity contribution in [2.75, 3.05) is 0 Å². The molecule has 0 aromatic rings. The molecule has 0 unspecified atom stereocenters. The Balaban J connectivity index is 4.17. The van der Waals surface area contributed by atoms with Gasteiger partial charge in [-0.25, -0.2) is 4.79 Å². The number of carboxylic acid groups (broad SMARTS) is 1. The SMILES string of the molecule is NC(=O)/C=C(/F)C(=O)O. The second kappa shape index (κ2) is 2.81. The molecule has 0 spiro atoms. The summed E-state index contributed by atoms with van der Waals surface area (Å²) in [5.74, 6) is -4.47. The molecule has 0 bridgehead atoms. The van der Waals surface area contributed by atoms with E-state index in [0.717, 1.165) is 0 Å². The smallest absolute Gasteiger partial charge is 0.364 e. The third kappa shape index (κ3) is 3.22. The first-order valence-electron chi connectivity index (χ1n) is 1.94. The average Bonchev–Trinajstić information content (AvgIpc) is 1.63. The van der Waals surface area contributed by atoms with Gasteiger partial charge in [-0.2, -0.15) is 4.39 Å². The number of primary amides is 1. The molecule has 0 aromatic heterocycles. The molecule has 0 fully saturated rings. The fourth-order valence-electron chi connectivity index (χ4n) is 0.187. The summed E-state index contributed by atoms with van der Waals surface area (Å²) in [5, 5.41) is 7.78. The number of carbonyl (C=O) groups excluding carboxylic acids is 1. The van der Waals surface area contributed by atoms with Gasteiger partial charge >= 0.3 is 5.97 Å². The molecule has 0 aliphatic rings. The summed E-state index contributed by atoms with van der Waals surface area (Å²) in [7, 11) is 0. The van der Waals surface area contributed by atoms with Crippen LogP contribution in [-0.4, -0.2) is 17.0 Å². The van der Waals surface area contributed by atoms with Crippen LogP contribution in [0.2, 0.25) is 0 Å². The Morgan fingerprint density at radius 1 is 1.56 bits per heavy atom. The van der Waals surface area contributed by atoms with E-state index in [0.29, 0.717) is 0 Å². The van der Waals surface area contributed by atoms with Gasteiger partial charge in [-0.1, -0.05) is 0 Å². The van der Waals surface area contributed by atoms with E-state index in [-0.39, 0.29) is 6.08 Å². The molecule has 1 amide bonds. The maximum atomic E-state index is 11.7. The van der Waals surface area contributed by atoms with Crippen molar-refractivity contribution in [1.82, 2.24) is 0 Å². The van der Waals surface area contributed by atoms with Gasteiger partial charge in [0, 0.05) is 6.08 Å². The minimum Gasteiger partial charge on any atom is -0.476 e. The summed E-state index contributed by atoms with van der Waals surface area (Å²) in [6.45, 7) is 0. The number of rotatable bonds is 2. The van der Waals surface area contributed by atoms with Crippen LogP contribution in [0.5, 0.6) is 0 Å². The Kier molecular flexibility index (Phi) is 2.37. The van der Waals surface area contributed by atoms with Crippen LogP contribution in [0.25, 0.3) is 0 Å². The Bertz CT molecular complexity index is 175. The topological polar surface area (TPSA) is 80.4 Å². The molecule has 0 aliphatic carbocycles. The van der Waals surface area contributed by atoms with E-state index in [4.69, 9.17) is 5.11 Å². The molecule has 0 aromatic carbocycles. The van der Waals surface area contributed by atoms with Gasteiger partial charge in [0.1, 0.15) is 0 Å². The average molecular weight is 133 g/mol. The normalized spacial score (nSPS) is 11.0. The first kappa shape index (κ1) is 7.61. The number of halogens is 1. The summed E-state index contributed by atoms with van der Waals surface area (Å²) >= 11 is 0. The largest absolute Gasteiger partial charge is 0.476 e. The van der Waals surface area contributed by atoms with Crippen molar-refractivity contribution in [1.29, 1.82) is 0 Å². The lowest BCUT2D eigenvalue weighted by atomic mass is 10.4. The second-order valence-electron chi connectivity index (χ2n) is 1.20. The van der Waals surface area contributed by atoms with E-state index in [1.54, 1.807) is 0 Å². The zero-order chi connectivity index (χ0) is 7.44. The molecule has 0 aliphatic heterocycles. The van der Waals surface area contributed by atoms with Gasteiger partial charge in [0.15, 0.2) is 0 Å². The number of aliphatic carboxylic acids is 1. The summed E-state index contributed by atoms with van der Waals surface area (Å²) in [4.78, 5) is 19.3. The molecule has 9 heavy (non-hydrogen) atoms. The Morgan fingerprint density at radius 2 is 2.00 bits per heavy atom. The van der Waals surface area contributed by atoms with Crippen LogP contribution in [0.4, 0.5) is 4.39 Å². The lowest BCUT2D eigenvalue weighted by molar-refractivity contribution is -0.134. The van der Waals surface area contributed by atoms with Crippen LogP contribution in [0.3, 0.4) is 0 Å². The van der Waals surface area contributed by atoms with Gasteiger partial charge in [0.05, 0.1) is 0 Å². The summed E-state index contributed by atoms with van der Waals surface area (Å²) < 4.78 is 11.7. The summed E-state index contributed by atoms with van der Waals surface area (Å²) in [5.41, 5.74) is 4.41. The van der Waals surface area contributed by atoms with Crippen LogP contribution in [-0.2, 0) is 9.59 Å². The molecule has 5 heteroatoms. The van der Waals surface area contributed by atoms with Crippen molar-refractivity contribution in [2.45, 2.75) is 0 Å². The van der Waals surface area contributed by atoms with Gasteiger partial charge in [-0.05, 0) is 0 Å². The number of hydrogen-bond donors (Lipinski definition) is 2. The summed E-state index contributed by atoms with van der Waals surface area (Å²) in [6.07, 6.45) is 0.197. The molecule has 0 saturated carbocycles. The Morgan fingerprint density at radius 3 is 2.11 bits per heavy atom. The van der Waals surface area contributed by atoms with E-state index < -0.39 is 17.7 Å². The fraction of sp³-hybridized carbons (Fsp3) is 0. The first-order valence-corrected chi connectivity index (χ1v) is 1.94. The zero-order valence-electron chi connectivity index (χ0n) is 4.30. The third-order valence-corrected chi connectivity index (χ3v) is 0.473. The highest BCUT2D eigenvalue weighted by Gasteiger charge is 2.05. The van der Waals surface area contributed by atoms with Crippen molar-refractivity contribution in [3.63, 3.8) is 0 Å². The number of carboxylic acids is 1. The molecule has 50 valence electrons. The third-order valence-electron chi connectivity index (χ3n) is 0.473. The molecular weight excluding hydrogens is 129 g/mol. The van der Waals surface area contributed by atoms with Gasteiger partial charge in [0.2, 0.25) is 11.7 Å². The van der Waals surface area contributed by atoms with Crippen molar-refractivity contribution in [2.24, 2.45) is 5.73 Å². The van der Waals surface area contributed by atoms with E-state index in [2.05, 4.69) is 5.73 Å². The van der Waals surface area contributed by atoms with E-state index in [9.17, 15) is 14.0 Å². The molecule has 0 rings (SSSR count). The molecule has 0 atom stereocenters. The second-order valence-corrected chi connectivity index (χ2v) is 1.20. The highest BCUT2D eigenvalue weighted by molar-refractivity contribution is 5.95. The van der Waals surface area contributed by atoms with Crippen molar-refractivity contribution >= 4 is 11.9 Å². The van der Waals surface area contributed by atoms with E-state index in [1.165, 1.54) is 0 Å². The van der Waals surface area contributed by atoms with E-state index >= 15 is 0 Å². The monoisotopic (exact) mass is 133 g/mol. The molecule has 0 radical (unpaired) electrons. The number of hydrogen-bond acceptors (Lipinski definition) is 2. The van der Waals surface area contributed by atoms with Crippen LogP contribution >= 0.6 is 0 Å². The predicted octanol–water partition coefficient (Wildman–Crippen LogP) is -0.590. The predicted molar refractivity (Wildman–Crippen MR) is 26.0 cm³/mol. The van der Waals surface area contributed by atoms with Crippen molar-refractivity contribution in [3.8, 4) is 0 Å². The molecule has 0 heterocycles. The van der Waals surface area contributed by atoms with Crippen LogP contribution < -0.4 is 5.73 Å². The Hall–Kier alpha value is -1.39. The van der Waals surface area contributed by atoms with Crippen LogP contribution in [0.15, 0.2) is 11.9 Å². The quantitative estimate of drug-likeness (QED) is 0.494. The highest BCUT2D eigenvalue weighted by atomic mass is 19.1. The maximum Gasteiger partial charge on any atom is 0.364 e.